The van der Waals surface area contributed by atoms with Crippen LogP contribution in [-0.4, -0.2) is 39.7 Å². The van der Waals surface area contributed by atoms with Crippen molar-refractivity contribution in [1.29, 1.82) is 5.26 Å². The molecule has 2 aromatic carbocycles. The lowest BCUT2D eigenvalue weighted by Crippen LogP contribution is -2.45. The first kappa shape index (κ1) is 19.5. The van der Waals surface area contributed by atoms with E-state index in [1.807, 2.05) is 22.9 Å². The summed E-state index contributed by atoms with van der Waals surface area (Å²) in [6, 6.07) is 19.8. The number of carbonyl (C=O) groups is 1. The summed E-state index contributed by atoms with van der Waals surface area (Å²) in [7, 11) is 0. The van der Waals surface area contributed by atoms with Gasteiger partial charge in [-0.2, -0.15) is 10.4 Å². The highest BCUT2D eigenvalue weighted by Gasteiger charge is 2.26. The van der Waals surface area contributed by atoms with Gasteiger partial charge < -0.3 is 10.6 Å². The Morgan fingerprint density at radius 1 is 1.06 bits per heavy atom. The predicted molar refractivity (Wildman–Crippen MR) is 119 cm³/mol. The predicted octanol–water partition coefficient (Wildman–Crippen LogP) is 3.85. The van der Waals surface area contributed by atoms with Crippen molar-refractivity contribution in [2.75, 3.05) is 13.1 Å². The third kappa shape index (κ3) is 3.97. The fourth-order valence-electron chi connectivity index (χ4n) is 4.26. The van der Waals surface area contributed by atoms with Crippen molar-refractivity contribution in [2.45, 2.75) is 37.6 Å². The first-order chi connectivity index (χ1) is 15.1. The van der Waals surface area contributed by atoms with Gasteiger partial charge >= 0.3 is 0 Å². The number of piperidine rings is 1. The molecule has 2 aliphatic rings. The molecule has 1 aliphatic carbocycles. The Hall–Kier alpha value is -3.43. The topological polar surface area (TPSA) is 87.9 Å². The molecule has 0 spiro atoms. The number of amides is 1. The summed E-state index contributed by atoms with van der Waals surface area (Å²) in [5.74, 6) is 0.600. The molecular formula is C25H25N5O. The number of aromatic nitrogens is 2. The second-order valence-electron chi connectivity index (χ2n) is 8.54. The molecule has 6 nitrogen and oxygen atoms in total. The van der Waals surface area contributed by atoms with Crippen LogP contribution in [0.3, 0.4) is 0 Å². The minimum Gasteiger partial charge on any atom is -0.336 e. The van der Waals surface area contributed by atoms with E-state index in [1.165, 1.54) is 18.4 Å². The number of nitrogens with zero attached hydrogens (tertiary/aromatic N) is 4. The SMILES string of the molecule is N#Cc1ccc(-c2cc(C(=O)N3CCC[C@@H](N)C3)nn2-c2ccc(C3CC3)cc2)cc1. The first-order valence-electron chi connectivity index (χ1n) is 10.9. The molecule has 0 bridgehead atoms. The van der Waals surface area contributed by atoms with Gasteiger partial charge in [0.05, 0.1) is 23.0 Å². The smallest absolute Gasteiger partial charge is 0.274 e. The molecule has 1 aromatic heterocycles. The van der Waals surface area contributed by atoms with Crippen LogP contribution >= 0.6 is 0 Å². The minimum absolute atomic E-state index is 0.0211. The lowest BCUT2D eigenvalue weighted by atomic mass is 10.1. The highest BCUT2D eigenvalue weighted by molar-refractivity contribution is 5.93. The lowest BCUT2D eigenvalue weighted by molar-refractivity contribution is 0.0702. The molecular weight excluding hydrogens is 386 g/mol. The summed E-state index contributed by atoms with van der Waals surface area (Å²) in [5.41, 5.74) is 11.1. The molecule has 5 rings (SSSR count). The second-order valence-corrected chi connectivity index (χ2v) is 8.54. The van der Waals surface area contributed by atoms with Crippen LogP contribution in [0.15, 0.2) is 54.6 Å². The number of nitrogens with two attached hydrogens (primary N) is 1. The Balaban J connectivity index is 1.54. The van der Waals surface area contributed by atoms with E-state index in [4.69, 9.17) is 16.1 Å². The molecule has 1 atom stereocenters. The van der Waals surface area contributed by atoms with Gasteiger partial charge in [0, 0.05) is 24.7 Å². The molecule has 2 fully saturated rings. The zero-order chi connectivity index (χ0) is 21.4. The summed E-state index contributed by atoms with van der Waals surface area (Å²) in [6.07, 6.45) is 4.38. The van der Waals surface area contributed by atoms with Gasteiger partial charge in [0.25, 0.3) is 5.91 Å². The second kappa shape index (κ2) is 8.01. The Morgan fingerprint density at radius 2 is 1.81 bits per heavy atom. The van der Waals surface area contributed by atoms with Crippen molar-refractivity contribution in [1.82, 2.24) is 14.7 Å². The number of hydrogen-bond acceptors (Lipinski definition) is 4. The number of carbonyl (C=O) groups excluding carboxylic acids is 1. The Labute approximate surface area is 181 Å². The fourth-order valence-corrected chi connectivity index (χ4v) is 4.26. The van der Waals surface area contributed by atoms with E-state index < -0.39 is 0 Å². The molecule has 156 valence electrons. The van der Waals surface area contributed by atoms with Gasteiger partial charge in [-0.25, -0.2) is 4.68 Å². The summed E-state index contributed by atoms with van der Waals surface area (Å²) in [4.78, 5) is 15.0. The molecule has 3 aromatic rings. The zero-order valence-electron chi connectivity index (χ0n) is 17.4. The van der Waals surface area contributed by atoms with Crippen LogP contribution in [0, 0.1) is 11.3 Å². The summed E-state index contributed by atoms with van der Waals surface area (Å²) >= 11 is 0. The van der Waals surface area contributed by atoms with E-state index in [0.29, 0.717) is 30.3 Å². The highest BCUT2D eigenvalue weighted by Crippen LogP contribution is 2.40. The maximum absolute atomic E-state index is 13.2. The van der Waals surface area contributed by atoms with Gasteiger partial charge in [-0.05, 0) is 67.5 Å². The van der Waals surface area contributed by atoms with Gasteiger partial charge in [0.15, 0.2) is 5.69 Å². The van der Waals surface area contributed by atoms with Crippen molar-refractivity contribution in [2.24, 2.45) is 5.73 Å². The maximum Gasteiger partial charge on any atom is 0.274 e. The van der Waals surface area contributed by atoms with Gasteiger partial charge in [0.2, 0.25) is 0 Å². The number of benzene rings is 2. The molecule has 31 heavy (non-hydrogen) atoms. The first-order valence-corrected chi connectivity index (χ1v) is 10.9. The summed E-state index contributed by atoms with van der Waals surface area (Å²) < 4.78 is 1.83. The van der Waals surface area contributed by atoms with Crippen molar-refractivity contribution >= 4 is 5.91 Å². The minimum atomic E-state index is -0.0848. The Morgan fingerprint density at radius 3 is 2.45 bits per heavy atom. The number of hydrogen-bond donors (Lipinski definition) is 1. The molecule has 6 heteroatoms. The van der Waals surface area contributed by atoms with Crippen molar-refractivity contribution in [3.8, 4) is 23.0 Å². The van der Waals surface area contributed by atoms with Crippen molar-refractivity contribution < 1.29 is 4.79 Å². The van der Waals surface area contributed by atoms with Crippen molar-refractivity contribution in [3.05, 3.63) is 71.4 Å². The molecule has 2 N–H and O–H groups in total. The monoisotopic (exact) mass is 411 g/mol. The molecule has 0 radical (unpaired) electrons. The zero-order valence-corrected chi connectivity index (χ0v) is 17.4. The summed E-state index contributed by atoms with van der Waals surface area (Å²) in [5, 5.41) is 13.8. The quantitative estimate of drug-likeness (QED) is 0.706. The molecule has 1 aliphatic heterocycles. The lowest BCUT2D eigenvalue weighted by Gasteiger charge is -2.30. The highest BCUT2D eigenvalue weighted by atomic mass is 16.2. The van der Waals surface area contributed by atoms with Crippen molar-refractivity contribution in [3.63, 3.8) is 0 Å². The Kier molecular flexibility index (Phi) is 5.05. The average molecular weight is 412 g/mol. The molecule has 1 saturated heterocycles. The van der Waals surface area contributed by atoms with Crippen LogP contribution in [0.1, 0.15) is 53.2 Å². The third-order valence-electron chi connectivity index (χ3n) is 6.17. The van der Waals surface area contributed by atoms with Crippen LogP contribution in [-0.2, 0) is 0 Å². The largest absolute Gasteiger partial charge is 0.336 e. The molecule has 2 heterocycles. The maximum atomic E-state index is 13.2. The van der Waals surface area contributed by atoms with E-state index in [0.717, 1.165) is 29.8 Å². The van der Waals surface area contributed by atoms with Gasteiger partial charge in [-0.15, -0.1) is 0 Å². The van der Waals surface area contributed by atoms with Gasteiger partial charge in [0.1, 0.15) is 0 Å². The standard InChI is InChI=1S/C25H25N5O/c26-15-17-3-5-20(6-4-17)24-14-23(25(31)29-13-1-2-21(27)16-29)28-30(24)22-11-9-19(10-12-22)18-7-8-18/h3-6,9-12,14,18,21H,1-2,7-8,13,16,27H2/t21-/m1/s1. The van der Waals surface area contributed by atoms with E-state index in [1.54, 1.807) is 17.0 Å². The van der Waals surface area contributed by atoms with E-state index in [-0.39, 0.29) is 11.9 Å². The van der Waals surface area contributed by atoms with Crippen LogP contribution in [0.5, 0.6) is 0 Å². The number of rotatable bonds is 4. The van der Waals surface area contributed by atoms with Crippen LogP contribution in [0.25, 0.3) is 16.9 Å². The third-order valence-corrected chi connectivity index (χ3v) is 6.17. The number of likely N-dealkylation sites (tertiary alicyclic amines) is 1. The average Bonchev–Trinajstić information content (AvgIpc) is 3.57. The Bertz CT molecular complexity index is 1140. The van der Waals surface area contributed by atoms with E-state index in [9.17, 15) is 4.79 Å². The van der Waals surface area contributed by atoms with Gasteiger partial charge in [-0.1, -0.05) is 24.3 Å². The molecule has 0 unspecified atom stereocenters. The number of nitriles is 1. The van der Waals surface area contributed by atoms with Gasteiger partial charge in [-0.3, -0.25) is 4.79 Å². The molecule has 1 saturated carbocycles. The van der Waals surface area contributed by atoms with Crippen LogP contribution in [0.4, 0.5) is 0 Å². The fraction of sp³-hybridized carbons (Fsp3) is 0.320. The van der Waals surface area contributed by atoms with E-state index in [2.05, 4.69) is 30.3 Å². The normalized spacial score (nSPS) is 18.6. The summed E-state index contributed by atoms with van der Waals surface area (Å²) in [6.45, 7) is 1.27. The molecule has 1 amide bonds. The van der Waals surface area contributed by atoms with Crippen LogP contribution < -0.4 is 5.73 Å². The van der Waals surface area contributed by atoms with E-state index >= 15 is 0 Å². The van der Waals surface area contributed by atoms with Crippen LogP contribution in [0.2, 0.25) is 0 Å².